The highest BCUT2D eigenvalue weighted by Gasteiger charge is 2.24. The molecule has 0 aliphatic heterocycles. The van der Waals surface area contributed by atoms with E-state index in [1.54, 1.807) is 42.5 Å². The van der Waals surface area contributed by atoms with Crippen molar-refractivity contribution in [2.24, 2.45) is 0 Å². The second-order valence-corrected chi connectivity index (χ2v) is 10.2. The fraction of sp³-hybridized carbons (Fsp3) is 0.429. The highest BCUT2D eigenvalue weighted by atomic mass is 32.2. The average molecular weight is 425 g/mol. The Morgan fingerprint density at radius 3 is 2.29 bits per heavy atom. The molecule has 28 heavy (non-hydrogen) atoms. The molecular weight excluding hydrogens is 396 g/mol. The Labute approximate surface area is 168 Å². The van der Waals surface area contributed by atoms with Crippen LogP contribution in [0.25, 0.3) is 0 Å². The Balaban J connectivity index is 0.00000136. The molecule has 0 saturated carbocycles. The number of fused-ring (bicyclic) bond motifs is 1. The van der Waals surface area contributed by atoms with Gasteiger partial charge in [-0.1, -0.05) is 38.1 Å². The summed E-state index contributed by atoms with van der Waals surface area (Å²) in [5, 5.41) is 0. The van der Waals surface area contributed by atoms with Gasteiger partial charge in [0.1, 0.15) is 0 Å². The van der Waals surface area contributed by atoms with Crippen LogP contribution in [0, 0.1) is 0 Å². The molecule has 0 radical (unpaired) electrons. The highest BCUT2D eigenvalue weighted by molar-refractivity contribution is 7.91. The van der Waals surface area contributed by atoms with Crippen LogP contribution in [-0.4, -0.2) is 29.7 Å². The summed E-state index contributed by atoms with van der Waals surface area (Å²) in [6.45, 7) is 4.15. The van der Waals surface area contributed by atoms with E-state index in [9.17, 15) is 16.8 Å². The number of rotatable bonds is 6. The first-order valence-electron chi connectivity index (χ1n) is 9.55. The third kappa shape index (κ3) is 5.65. The minimum Gasteiger partial charge on any atom is -0.270 e. The zero-order chi connectivity index (χ0) is 20.8. The summed E-state index contributed by atoms with van der Waals surface area (Å²) >= 11 is 0. The monoisotopic (exact) mass is 424 g/mol. The van der Waals surface area contributed by atoms with Gasteiger partial charge >= 0.3 is 0 Å². The van der Waals surface area contributed by atoms with E-state index in [2.05, 4.69) is 0 Å². The van der Waals surface area contributed by atoms with E-state index < -0.39 is 20.0 Å². The minimum absolute atomic E-state index is 0.146. The molecule has 0 fully saturated rings. The minimum atomic E-state index is -3.53. The number of sulfone groups is 1. The first kappa shape index (κ1) is 22.6. The van der Waals surface area contributed by atoms with Gasteiger partial charge in [0.05, 0.1) is 22.7 Å². The van der Waals surface area contributed by atoms with Crippen LogP contribution < -0.4 is 0 Å². The molecule has 1 aliphatic carbocycles. The molecule has 0 amide bonds. The third-order valence-corrected chi connectivity index (χ3v) is 7.04. The molecule has 5 nitrogen and oxygen atoms in total. The topological polar surface area (TPSA) is 77.5 Å². The lowest BCUT2D eigenvalue weighted by Gasteiger charge is -2.26. The van der Waals surface area contributed by atoms with Crippen LogP contribution >= 0.6 is 0 Å². The Morgan fingerprint density at radius 2 is 1.64 bits per heavy atom. The smallest absolute Gasteiger partial charge is 0.264 e. The predicted molar refractivity (Wildman–Crippen MR) is 111 cm³/mol. The summed E-state index contributed by atoms with van der Waals surface area (Å²) in [4.78, 5) is 0.587. The van der Waals surface area contributed by atoms with E-state index in [1.807, 2.05) is 19.9 Å². The molecule has 3 rings (SSSR count). The Bertz CT molecular complexity index is 981. The van der Waals surface area contributed by atoms with E-state index in [-0.39, 0.29) is 17.4 Å². The molecule has 0 heterocycles. The Kier molecular flexibility index (Phi) is 7.80. The highest BCUT2D eigenvalue weighted by Crippen LogP contribution is 2.36. The van der Waals surface area contributed by atoms with E-state index in [1.165, 1.54) is 0 Å². The van der Waals surface area contributed by atoms with Crippen LogP contribution in [0.15, 0.2) is 58.3 Å². The second kappa shape index (κ2) is 9.67. The Hall–Kier alpha value is -1.70. The number of hydrogen-bond donors (Lipinski definition) is 0. The van der Waals surface area contributed by atoms with Crippen molar-refractivity contribution in [2.45, 2.75) is 55.2 Å². The van der Waals surface area contributed by atoms with Gasteiger partial charge in [0.2, 0.25) is 9.84 Å². The van der Waals surface area contributed by atoms with Gasteiger partial charge in [-0.25, -0.2) is 8.42 Å². The molecule has 1 aliphatic rings. The fourth-order valence-electron chi connectivity index (χ4n) is 3.44. The number of benzene rings is 2. The zero-order valence-corrected chi connectivity index (χ0v) is 18.2. The summed E-state index contributed by atoms with van der Waals surface area (Å²) < 4.78 is 52.7. The van der Waals surface area contributed by atoms with Gasteiger partial charge in [0.15, 0.2) is 0 Å². The van der Waals surface area contributed by atoms with Gasteiger partial charge in [-0.05, 0) is 67.0 Å². The lowest BCUT2D eigenvalue weighted by Crippen LogP contribution is -2.14. The van der Waals surface area contributed by atoms with Gasteiger partial charge < -0.3 is 0 Å². The van der Waals surface area contributed by atoms with Crippen LogP contribution in [0.2, 0.25) is 0 Å². The van der Waals surface area contributed by atoms with Gasteiger partial charge in [-0.15, -0.1) is 0 Å². The lowest BCUT2D eigenvalue weighted by atomic mass is 9.81. The first-order chi connectivity index (χ1) is 13.3. The molecule has 7 heteroatoms. The second-order valence-electron chi connectivity index (χ2n) is 6.58. The maximum atomic E-state index is 12.8. The quantitative estimate of drug-likeness (QED) is 0.645. The lowest BCUT2D eigenvalue weighted by molar-refractivity contribution is 0.296. The van der Waals surface area contributed by atoms with Gasteiger partial charge in [0.25, 0.3) is 10.1 Å². The summed E-state index contributed by atoms with van der Waals surface area (Å²) in [5.74, 6) is 0.189. The first-order valence-corrected chi connectivity index (χ1v) is 12.8. The fourth-order valence-corrected chi connectivity index (χ4v) is 5.17. The van der Waals surface area contributed by atoms with E-state index in [4.69, 9.17) is 4.18 Å². The molecule has 0 aromatic heterocycles. The molecule has 1 atom stereocenters. The number of hydrogen-bond acceptors (Lipinski definition) is 5. The molecule has 0 bridgehead atoms. The standard InChI is InChI=1S/C19H22O5S2.C2H6/c1-25(20,21)24-13-12-15-6-5-7-16-14-18(10-11-19(15)16)26(22,23)17-8-3-2-4-9-17;1-2/h2-4,8-11,14-15H,5-7,12-13H2,1H3;1-2H3. The van der Waals surface area contributed by atoms with Crippen molar-refractivity contribution in [3.05, 3.63) is 59.7 Å². The van der Waals surface area contributed by atoms with Crippen molar-refractivity contribution < 1.29 is 21.0 Å². The SMILES string of the molecule is CC.CS(=O)(=O)OCCC1CCCc2cc(S(=O)(=O)c3ccccc3)ccc21. The summed E-state index contributed by atoms with van der Waals surface area (Å²) in [7, 11) is -6.97. The van der Waals surface area contributed by atoms with Crippen LogP contribution in [0.3, 0.4) is 0 Å². The molecule has 2 aromatic carbocycles. The normalized spacial score (nSPS) is 16.6. The van der Waals surface area contributed by atoms with Crippen molar-refractivity contribution >= 4 is 20.0 Å². The summed E-state index contributed by atoms with van der Waals surface area (Å²) in [6.07, 6.45) is 4.38. The summed E-state index contributed by atoms with van der Waals surface area (Å²) in [6, 6.07) is 13.7. The maximum absolute atomic E-state index is 12.8. The molecule has 0 saturated heterocycles. The van der Waals surface area contributed by atoms with Crippen LogP contribution in [0.5, 0.6) is 0 Å². The van der Waals surface area contributed by atoms with Crippen molar-refractivity contribution in [1.29, 1.82) is 0 Å². The third-order valence-electron chi connectivity index (χ3n) is 4.68. The van der Waals surface area contributed by atoms with Gasteiger partial charge in [0, 0.05) is 0 Å². The van der Waals surface area contributed by atoms with E-state index >= 15 is 0 Å². The van der Waals surface area contributed by atoms with Crippen molar-refractivity contribution in [3.8, 4) is 0 Å². The molecule has 2 aromatic rings. The predicted octanol–water partition coefficient (Wildman–Crippen LogP) is 4.33. The average Bonchev–Trinajstić information content (AvgIpc) is 2.69. The largest absolute Gasteiger partial charge is 0.270 e. The van der Waals surface area contributed by atoms with Gasteiger partial charge in [-0.3, -0.25) is 4.18 Å². The summed E-state index contributed by atoms with van der Waals surface area (Å²) in [5.41, 5.74) is 2.12. The van der Waals surface area contributed by atoms with Crippen LogP contribution in [0.1, 0.15) is 50.2 Å². The zero-order valence-electron chi connectivity index (χ0n) is 16.6. The van der Waals surface area contributed by atoms with Crippen molar-refractivity contribution in [2.75, 3.05) is 12.9 Å². The maximum Gasteiger partial charge on any atom is 0.264 e. The molecular formula is C21H28O5S2. The molecule has 0 spiro atoms. The molecule has 154 valence electrons. The Morgan fingerprint density at radius 1 is 0.964 bits per heavy atom. The van der Waals surface area contributed by atoms with Crippen molar-refractivity contribution in [1.82, 2.24) is 0 Å². The van der Waals surface area contributed by atoms with E-state index in [0.717, 1.165) is 36.6 Å². The molecule has 0 N–H and O–H groups in total. The van der Waals surface area contributed by atoms with Crippen molar-refractivity contribution in [3.63, 3.8) is 0 Å². The van der Waals surface area contributed by atoms with Gasteiger partial charge in [-0.2, -0.15) is 8.42 Å². The number of aryl methyl sites for hydroxylation is 1. The van der Waals surface area contributed by atoms with E-state index in [0.29, 0.717) is 11.3 Å². The van der Waals surface area contributed by atoms with Crippen LogP contribution in [-0.2, 0) is 30.6 Å². The molecule has 1 unspecified atom stereocenters. The van der Waals surface area contributed by atoms with Crippen LogP contribution in [0.4, 0.5) is 0 Å².